The molecule has 3 aromatic rings. The molecule has 0 aliphatic carbocycles. The number of aryl methyl sites for hydroxylation is 1. The van der Waals surface area contributed by atoms with E-state index in [1.165, 1.54) is 0 Å². The molecule has 2 N–H and O–H groups in total. The highest BCUT2D eigenvalue weighted by Crippen LogP contribution is 2.20. The quantitative estimate of drug-likeness (QED) is 0.455. The number of guanidine groups is 1. The fraction of sp³-hybridized carbons (Fsp3) is 0.429. The SMILES string of the molecule is CCNC(=NCc1ncc(-c2ccccc2)o1)NC1CCc2nc(COC)nn2C1. The van der Waals surface area contributed by atoms with Crippen molar-refractivity contribution in [3.8, 4) is 11.3 Å². The van der Waals surface area contributed by atoms with Gasteiger partial charge in [0.1, 0.15) is 19.0 Å². The maximum absolute atomic E-state index is 5.85. The number of nitrogens with zero attached hydrogens (tertiary/aromatic N) is 5. The molecule has 0 fully saturated rings. The monoisotopic (exact) mass is 409 g/mol. The summed E-state index contributed by atoms with van der Waals surface area (Å²) in [4.78, 5) is 13.5. The van der Waals surface area contributed by atoms with Crippen molar-refractivity contribution >= 4 is 5.96 Å². The number of rotatable bonds is 7. The van der Waals surface area contributed by atoms with Crippen LogP contribution in [-0.4, -0.2) is 45.4 Å². The number of benzene rings is 1. The summed E-state index contributed by atoms with van der Waals surface area (Å²) in [5.41, 5.74) is 1.00. The number of nitrogens with one attached hydrogen (secondary N) is 2. The normalized spacial score (nSPS) is 16.3. The first-order chi connectivity index (χ1) is 14.7. The van der Waals surface area contributed by atoms with E-state index in [-0.39, 0.29) is 6.04 Å². The minimum atomic E-state index is 0.219. The molecule has 1 unspecified atom stereocenters. The number of ether oxygens (including phenoxy) is 1. The molecule has 30 heavy (non-hydrogen) atoms. The average molecular weight is 409 g/mol. The summed E-state index contributed by atoms with van der Waals surface area (Å²) in [6.45, 7) is 4.35. The van der Waals surface area contributed by atoms with Crippen molar-refractivity contribution in [3.63, 3.8) is 0 Å². The van der Waals surface area contributed by atoms with Crippen LogP contribution in [0.15, 0.2) is 45.9 Å². The summed E-state index contributed by atoms with van der Waals surface area (Å²) >= 11 is 0. The molecule has 4 rings (SSSR count). The molecule has 9 heteroatoms. The van der Waals surface area contributed by atoms with Crippen molar-refractivity contribution in [2.45, 2.75) is 45.5 Å². The van der Waals surface area contributed by atoms with E-state index in [1.807, 2.05) is 41.9 Å². The summed E-state index contributed by atoms with van der Waals surface area (Å²) in [7, 11) is 1.65. The lowest BCUT2D eigenvalue weighted by atomic mass is 10.1. The van der Waals surface area contributed by atoms with Gasteiger partial charge in [-0.3, -0.25) is 0 Å². The second kappa shape index (κ2) is 9.53. The molecule has 0 saturated carbocycles. The minimum Gasteiger partial charge on any atom is -0.439 e. The summed E-state index contributed by atoms with van der Waals surface area (Å²) in [6.07, 6.45) is 3.58. The van der Waals surface area contributed by atoms with Gasteiger partial charge in [0.15, 0.2) is 17.5 Å². The fourth-order valence-electron chi connectivity index (χ4n) is 3.45. The third kappa shape index (κ3) is 4.85. The Balaban J connectivity index is 1.39. The van der Waals surface area contributed by atoms with Crippen molar-refractivity contribution in [1.82, 2.24) is 30.4 Å². The topological polar surface area (TPSA) is 102 Å². The van der Waals surface area contributed by atoms with Crippen molar-refractivity contribution in [1.29, 1.82) is 0 Å². The van der Waals surface area contributed by atoms with Crippen molar-refractivity contribution in [2.24, 2.45) is 4.99 Å². The molecule has 0 amide bonds. The first kappa shape index (κ1) is 20.1. The maximum Gasteiger partial charge on any atom is 0.216 e. The zero-order valence-electron chi connectivity index (χ0n) is 17.3. The molecule has 0 radical (unpaired) electrons. The van der Waals surface area contributed by atoms with Crippen LogP contribution in [0, 0.1) is 0 Å². The third-order valence-corrected chi connectivity index (χ3v) is 4.84. The van der Waals surface area contributed by atoms with Gasteiger partial charge in [-0.2, -0.15) is 5.10 Å². The Morgan fingerprint density at radius 1 is 1.33 bits per heavy atom. The molecule has 0 bridgehead atoms. The Kier molecular flexibility index (Phi) is 6.38. The van der Waals surface area contributed by atoms with Gasteiger partial charge in [-0.05, 0) is 13.3 Å². The lowest BCUT2D eigenvalue weighted by Crippen LogP contribution is -2.47. The van der Waals surface area contributed by atoms with Crippen LogP contribution in [0.4, 0.5) is 0 Å². The van der Waals surface area contributed by atoms with Crippen LogP contribution in [0.5, 0.6) is 0 Å². The lowest BCUT2D eigenvalue weighted by Gasteiger charge is -2.25. The second-order valence-corrected chi connectivity index (χ2v) is 7.12. The van der Waals surface area contributed by atoms with Crippen LogP contribution in [0.2, 0.25) is 0 Å². The molecular formula is C21H27N7O2. The predicted molar refractivity (Wildman–Crippen MR) is 113 cm³/mol. The highest BCUT2D eigenvalue weighted by Gasteiger charge is 2.22. The molecule has 1 aliphatic heterocycles. The van der Waals surface area contributed by atoms with Gasteiger partial charge in [0.05, 0.1) is 12.7 Å². The van der Waals surface area contributed by atoms with Gasteiger partial charge < -0.3 is 19.8 Å². The summed E-state index contributed by atoms with van der Waals surface area (Å²) in [6, 6.07) is 10.2. The van der Waals surface area contributed by atoms with E-state index in [0.29, 0.717) is 19.0 Å². The van der Waals surface area contributed by atoms with Gasteiger partial charge in [-0.15, -0.1) is 0 Å². The second-order valence-electron chi connectivity index (χ2n) is 7.12. The van der Waals surface area contributed by atoms with Crippen LogP contribution < -0.4 is 10.6 Å². The van der Waals surface area contributed by atoms with Gasteiger partial charge in [0.25, 0.3) is 0 Å². The number of oxazole rings is 1. The summed E-state index contributed by atoms with van der Waals surface area (Å²) < 4.78 is 12.9. The van der Waals surface area contributed by atoms with Gasteiger partial charge in [-0.25, -0.2) is 19.6 Å². The molecule has 158 valence electrons. The van der Waals surface area contributed by atoms with Crippen molar-refractivity contribution < 1.29 is 9.15 Å². The molecule has 3 heterocycles. The van der Waals surface area contributed by atoms with Crippen LogP contribution >= 0.6 is 0 Å². The molecule has 0 saturated heterocycles. The third-order valence-electron chi connectivity index (χ3n) is 4.84. The molecule has 2 aromatic heterocycles. The number of fused-ring (bicyclic) bond motifs is 1. The van der Waals surface area contributed by atoms with E-state index in [9.17, 15) is 0 Å². The van der Waals surface area contributed by atoms with Crippen LogP contribution in [0.3, 0.4) is 0 Å². The molecular weight excluding hydrogens is 382 g/mol. The number of methoxy groups -OCH3 is 1. The Morgan fingerprint density at radius 3 is 3.00 bits per heavy atom. The van der Waals surface area contributed by atoms with E-state index in [1.54, 1.807) is 13.3 Å². The Bertz CT molecular complexity index is 980. The highest BCUT2D eigenvalue weighted by molar-refractivity contribution is 5.80. The Hall–Kier alpha value is -3.20. The van der Waals surface area contributed by atoms with E-state index in [0.717, 1.165) is 54.9 Å². The van der Waals surface area contributed by atoms with Crippen molar-refractivity contribution in [3.05, 3.63) is 54.1 Å². The fourth-order valence-corrected chi connectivity index (χ4v) is 3.45. The first-order valence-electron chi connectivity index (χ1n) is 10.2. The Labute approximate surface area is 175 Å². The number of aliphatic imine (C=N–C) groups is 1. The van der Waals surface area contributed by atoms with E-state index in [4.69, 9.17) is 9.15 Å². The smallest absolute Gasteiger partial charge is 0.216 e. The molecule has 1 aliphatic rings. The zero-order valence-corrected chi connectivity index (χ0v) is 17.3. The molecule has 0 spiro atoms. The predicted octanol–water partition coefficient (Wildman–Crippen LogP) is 2.15. The Morgan fingerprint density at radius 2 is 2.20 bits per heavy atom. The van der Waals surface area contributed by atoms with Crippen molar-refractivity contribution in [2.75, 3.05) is 13.7 Å². The number of hydrogen-bond acceptors (Lipinski definition) is 6. The standard InChI is InChI=1S/C21H27N7O2/c1-3-22-21(24-12-20-23-11-17(30-20)15-7-5-4-6-8-15)25-16-9-10-19-26-18(14-29-2)27-28(19)13-16/h4-8,11,16H,3,9-10,12-14H2,1-2H3,(H2,22,24,25). The minimum absolute atomic E-state index is 0.219. The molecule has 1 aromatic carbocycles. The molecule has 1 atom stereocenters. The number of aromatic nitrogens is 4. The average Bonchev–Trinajstić information content (AvgIpc) is 3.39. The number of hydrogen-bond donors (Lipinski definition) is 2. The largest absolute Gasteiger partial charge is 0.439 e. The van der Waals surface area contributed by atoms with Gasteiger partial charge in [-0.1, -0.05) is 30.3 Å². The highest BCUT2D eigenvalue weighted by atomic mass is 16.5. The van der Waals surface area contributed by atoms with Gasteiger partial charge in [0, 0.05) is 31.7 Å². The van der Waals surface area contributed by atoms with Gasteiger partial charge >= 0.3 is 0 Å². The maximum atomic E-state index is 5.85. The summed E-state index contributed by atoms with van der Waals surface area (Å²) in [5.74, 6) is 3.80. The van der Waals surface area contributed by atoms with Crippen LogP contribution in [-0.2, 0) is 30.9 Å². The van der Waals surface area contributed by atoms with Crippen LogP contribution in [0.1, 0.15) is 30.9 Å². The zero-order chi connectivity index (χ0) is 20.8. The van der Waals surface area contributed by atoms with E-state index in [2.05, 4.69) is 30.7 Å². The van der Waals surface area contributed by atoms with Gasteiger partial charge in [0.2, 0.25) is 5.89 Å². The first-order valence-corrected chi connectivity index (χ1v) is 10.2. The van der Waals surface area contributed by atoms with Crippen LogP contribution in [0.25, 0.3) is 11.3 Å². The van der Waals surface area contributed by atoms with E-state index >= 15 is 0 Å². The summed E-state index contributed by atoms with van der Waals surface area (Å²) in [5, 5.41) is 11.3. The van der Waals surface area contributed by atoms with E-state index < -0.39 is 0 Å². The molecule has 9 nitrogen and oxygen atoms in total. The lowest BCUT2D eigenvalue weighted by molar-refractivity contribution is 0.177.